The van der Waals surface area contributed by atoms with Crippen LogP contribution in [0.25, 0.3) is 0 Å². The number of benzene rings is 1. The van der Waals surface area contributed by atoms with Gasteiger partial charge in [-0.05, 0) is 36.5 Å². The zero-order valence-corrected chi connectivity index (χ0v) is 12.8. The number of carbonyl (C=O) groups is 1. The molecule has 0 aliphatic carbocycles. The first-order valence-electron chi connectivity index (χ1n) is 6.67. The maximum atomic E-state index is 12.6. The Bertz CT molecular complexity index is 486. The summed E-state index contributed by atoms with van der Waals surface area (Å²) in [6, 6.07) is 4.41. The fourth-order valence-electron chi connectivity index (χ4n) is 1.89. The lowest BCUT2D eigenvalue weighted by Gasteiger charge is -2.24. The van der Waals surface area contributed by atoms with E-state index in [9.17, 15) is 18.0 Å². The summed E-state index contributed by atoms with van der Waals surface area (Å²) >= 11 is 5.63. The third-order valence-electron chi connectivity index (χ3n) is 3.17. The van der Waals surface area contributed by atoms with Gasteiger partial charge in [-0.1, -0.05) is 19.9 Å². The summed E-state index contributed by atoms with van der Waals surface area (Å²) in [5.41, 5.74) is -0.957. The van der Waals surface area contributed by atoms with Crippen LogP contribution in [0.3, 0.4) is 0 Å². The highest BCUT2D eigenvalue weighted by Crippen LogP contribution is 2.29. The van der Waals surface area contributed by atoms with Crippen LogP contribution in [-0.2, 0) is 6.18 Å². The normalized spacial score (nSPS) is 12.3. The minimum atomic E-state index is -4.45. The summed E-state index contributed by atoms with van der Waals surface area (Å²) in [6.45, 7) is 4.34. The van der Waals surface area contributed by atoms with Crippen LogP contribution in [0.1, 0.15) is 42.6 Å². The molecule has 1 aromatic rings. The van der Waals surface area contributed by atoms with Crippen molar-refractivity contribution in [2.24, 2.45) is 5.41 Å². The Hall–Kier alpha value is -1.23. The first kappa shape index (κ1) is 17.8. The van der Waals surface area contributed by atoms with Crippen molar-refractivity contribution in [2.45, 2.75) is 32.9 Å². The lowest BCUT2D eigenvalue weighted by Crippen LogP contribution is -2.34. The van der Waals surface area contributed by atoms with E-state index >= 15 is 0 Å². The maximum absolute atomic E-state index is 12.6. The monoisotopic (exact) mass is 321 g/mol. The Morgan fingerprint density at radius 3 is 2.52 bits per heavy atom. The molecular formula is C15H19ClF3NO. The van der Waals surface area contributed by atoms with E-state index in [1.54, 1.807) is 0 Å². The summed E-state index contributed by atoms with van der Waals surface area (Å²) < 4.78 is 37.8. The van der Waals surface area contributed by atoms with Crippen LogP contribution >= 0.6 is 11.6 Å². The van der Waals surface area contributed by atoms with Crippen molar-refractivity contribution in [1.82, 2.24) is 5.32 Å². The minimum Gasteiger partial charge on any atom is -0.352 e. The van der Waals surface area contributed by atoms with E-state index in [-0.39, 0.29) is 11.0 Å². The molecule has 0 aromatic heterocycles. The van der Waals surface area contributed by atoms with E-state index in [1.165, 1.54) is 12.1 Å². The predicted molar refractivity (Wildman–Crippen MR) is 77.5 cm³/mol. The molecule has 0 bridgehead atoms. The first-order valence-corrected chi connectivity index (χ1v) is 7.20. The quantitative estimate of drug-likeness (QED) is 0.769. The van der Waals surface area contributed by atoms with Crippen LogP contribution in [0.2, 0.25) is 0 Å². The largest absolute Gasteiger partial charge is 0.416 e. The van der Waals surface area contributed by atoms with Gasteiger partial charge in [0.2, 0.25) is 0 Å². The number of halogens is 4. The molecule has 0 atom stereocenters. The lowest BCUT2D eigenvalue weighted by molar-refractivity contribution is -0.137. The van der Waals surface area contributed by atoms with Gasteiger partial charge in [-0.2, -0.15) is 13.2 Å². The molecule has 1 rings (SSSR count). The Labute approximate surface area is 127 Å². The van der Waals surface area contributed by atoms with Gasteiger partial charge in [0, 0.05) is 18.0 Å². The van der Waals surface area contributed by atoms with Crippen molar-refractivity contribution >= 4 is 17.5 Å². The van der Waals surface area contributed by atoms with Crippen LogP contribution in [0.4, 0.5) is 13.2 Å². The van der Waals surface area contributed by atoms with Crippen LogP contribution in [0.5, 0.6) is 0 Å². The van der Waals surface area contributed by atoms with Crippen molar-refractivity contribution in [2.75, 3.05) is 12.4 Å². The molecule has 0 aliphatic rings. The smallest absolute Gasteiger partial charge is 0.352 e. The van der Waals surface area contributed by atoms with Gasteiger partial charge in [-0.15, -0.1) is 11.6 Å². The highest BCUT2D eigenvalue weighted by atomic mass is 35.5. The minimum absolute atomic E-state index is 0.0120. The Morgan fingerprint density at radius 1 is 1.29 bits per heavy atom. The van der Waals surface area contributed by atoms with Gasteiger partial charge in [-0.25, -0.2) is 0 Å². The van der Waals surface area contributed by atoms with E-state index in [1.807, 2.05) is 13.8 Å². The van der Waals surface area contributed by atoms with Gasteiger partial charge in [0.15, 0.2) is 0 Å². The molecule has 0 saturated carbocycles. The third kappa shape index (κ3) is 5.96. The van der Waals surface area contributed by atoms with E-state index in [4.69, 9.17) is 11.6 Å². The fourth-order valence-corrected chi connectivity index (χ4v) is 2.03. The second-order valence-electron chi connectivity index (χ2n) is 5.72. The molecular weight excluding hydrogens is 303 g/mol. The molecule has 0 heterocycles. The summed E-state index contributed by atoms with van der Waals surface area (Å²) in [5, 5.41) is 2.68. The summed E-state index contributed by atoms with van der Waals surface area (Å²) in [6.07, 6.45) is -2.79. The maximum Gasteiger partial charge on any atom is 0.416 e. The van der Waals surface area contributed by atoms with E-state index < -0.39 is 17.6 Å². The molecule has 118 valence electrons. The molecule has 0 unspecified atom stereocenters. The van der Waals surface area contributed by atoms with Crippen molar-refractivity contribution in [3.8, 4) is 0 Å². The standard InChI is InChI=1S/C15H19ClF3NO/c1-14(2,7-4-8-16)10-20-13(21)11-5-3-6-12(9-11)15(17,18)19/h3,5-6,9H,4,7-8,10H2,1-2H3,(H,20,21). The van der Waals surface area contributed by atoms with E-state index in [0.717, 1.165) is 25.0 Å². The summed E-state index contributed by atoms with van der Waals surface area (Å²) in [7, 11) is 0. The summed E-state index contributed by atoms with van der Waals surface area (Å²) in [5.74, 6) is 0.0467. The highest BCUT2D eigenvalue weighted by molar-refractivity contribution is 6.17. The Morgan fingerprint density at radius 2 is 1.95 bits per heavy atom. The molecule has 1 amide bonds. The number of carbonyl (C=O) groups excluding carboxylic acids is 1. The average molecular weight is 322 g/mol. The highest BCUT2D eigenvalue weighted by Gasteiger charge is 2.31. The summed E-state index contributed by atoms with van der Waals surface area (Å²) in [4.78, 5) is 11.9. The van der Waals surface area contributed by atoms with E-state index in [2.05, 4.69) is 5.32 Å². The lowest BCUT2D eigenvalue weighted by atomic mass is 9.88. The van der Waals surface area contributed by atoms with Crippen LogP contribution in [0, 0.1) is 5.41 Å². The molecule has 0 radical (unpaired) electrons. The molecule has 0 aliphatic heterocycles. The molecule has 21 heavy (non-hydrogen) atoms. The number of nitrogens with one attached hydrogen (secondary N) is 1. The average Bonchev–Trinajstić information content (AvgIpc) is 2.42. The van der Waals surface area contributed by atoms with Crippen molar-refractivity contribution in [3.63, 3.8) is 0 Å². The molecule has 1 N–H and O–H groups in total. The van der Waals surface area contributed by atoms with E-state index in [0.29, 0.717) is 12.4 Å². The zero-order chi connectivity index (χ0) is 16.1. The van der Waals surface area contributed by atoms with Gasteiger partial charge in [-0.3, -0.25) is 4.79 Å². The van der Waals surface area contributed by atoms with Crippen molar-refractivity contribution < 1.29 is 18.0 Å². The topological polar surface area (TPSA) is 29.1 Å². The van der Waals surface area contributed by atoms with Gasteiger partial charge in [0.1, 0.15) is 0 Å². The van der Waals surface area contributed by atoms with Crippen LogP contribution in [-0.4, -0.2) is 18.3 Å². The SMILES string of the molecule is CC(C)(CCCCl)CNC(=O)c1cccc(C(F)(F)F)c1. The van der Waals surface area contributed by atoms with Crippen molar-refractivity contribution in [1.29, 1.82) is 0 Å². The third-order valence-corrected chi connectivity index (χ3v) is 3.43. The predicted octanol–water partition coefficient (Wildman–Crippen LogP) is 4.48. The molecule has 0 saturated heterocycles. The molecule has 0 fully saturated rings. The fraction of sp³-hybridized carbons (Fsp3) is 0.533. The number of rotatable bonds is 6. The number of hydrogen-bond acceptors (Lipinski definition) is 1. The second kappa shape index (κ2) is 7.16. The molecule has 6 heteroatoms. The zero-order valence-electron chi connectivity index (χ0n) is 12.1. The Balaban J connectivity index is 2.68. The van der Waals surface area contributed by atoms with Gasteiger partial charge >= 0.3 is 6.18 Å². The molecule has 2 nitrogen and oxygen atoms in total. The van der Waals surface area contributed by atoms with Gasteiger partial charge in [0.05, 0.1) is 5.56 Å². The number of hydrogen-bond donors (Lipinski definition) is 1. The molecule has 1 aromatic carbocycles. The molecule has 0 spiro atoms. The second-order valence-corrected chi connectivity index (χ2v) is 6.10. The van der Waals surface area contributed by atoms with Crippen molar-refractivity contribution in [3.05, 3.63) is 35.4 Å². The van der Waals surface area contributed by atoms with Gasteiger partial charge in [0.25, 0.3) is 5.91 Å². The number of alkyl halides is 4. The first-order chi connectivity index (χ1) is 9.65. The van der Waals surface area contributed by atoms with Crippen LogP contribution in [0.15, 0.2) is 24.3 Å². The Kier molecular flexibility index (Phi) is 6.08. The number of amides is 1. The van der Waals surface area contributed by atoms with Gasteiger partial charge < -0.3 is 5.32 Å². The van der Waals surface area contributed by atoms with Crippen LogP contribution < -0.4 is 5.32 Å².